The van der Waals surface area contributed by atoms with Crippen LogP contribution in [0.5, 0.6) is 5.75 Å². The van der Waals surface area contributed by atoms with Gasteiger partial charge in [0.15, 0.2) is 0 Å². The van der Waals surface area contributed by atoms with E-state index in [-0.39, 0.29) is 16.8 Å². The van der Waals surface area contributed by atoms with E-state index in [0.29, 0.717) is 18.0 Å². The molecule has 1 fully saturated rings. The number of methoxy groups -OCH3 is 1. The summed E-state index contributed by atoms with van der Waals surface area (Å²) in [5, 5.41) is 6.81. The summed E-state index contributed by atoms with van der Waals surface area (Å²) >= 11 is 0. The Hall–Kier alpha value is -2.39. The molecule has 1 aliphatic heterocycles. The average Bonchev–Trinajstić information content (AvgIpc) is 3.07. The number of anilines is 1. The molecule has 9 heteroatoms. The van der Waals surface area contributed by atoms with Crippen LogP contribution in [0.25, 0.3) is 0 Å². The summed E-state index contributed by atoms with van der Waals surface area (Å²) in [5.74, 6) is 0.112. The normalized spacial score (nSPS) is 18.3. The van der Waals surface area contributed by atoms with Gasteiger partial charge in [0.2, 0.25) is 15.9 Å². The molecular weight excluding hydrogens is 368 g/mol. The zero-order chi connectivity index (χ0) is 19.6. The summed E-state index contributed by atoms with van der Waals surface area (Å²) in [6.45, 7) is 1.81. The molecule has 0 radical (unpaired) electrons. The minimum absolute atomic E-state index is 0.128. The number of sulfonamides is 1. The third kappa shape index (κ3) is 3.98. The highest BCUT2D eigenvalue weighted by molar-refractivity contribution is 7.89. The van der Waals surface area contributed by atoms with Crippen LogP contribution in [0.2, 0.25) is 0 Å². The van der Waals surface area contributed by atoms with Crippen molar-refractivity contribution in [1.29, 1.82) is 0 Å². The third-order valence-electron chi connectivity index (χ3n) is 4.65. The van der Waals surface area contributed by atoms with Crippen molar-refractivity contribution in [3.05, 3.63) is 36.2 Å². The number of benzene rings is 1. The van der Waals surface area contributed by atoms with Crippen LogP contribution in [0, 0.1) is 0 Å². The highest BCUT2D eigenvalue weighted by Gasteiger charge is 2.35. The molecule has 1 unspecified atom stereocenters. The zero-order valence-electron chi connectivity index (χ0n) is 15.7. The van der Waals surface area contributed by atoms with Crippen molar-refractivity contribution in [3.8, 4) is 5.75 Å². The molecule has 1 N–H and O–H groups in total. The lowest BCUT2D eigenvalue weighted by molar-refractivity contribution is -0.114. The smallest absolute Gasteiger partial charge is 0.243 e. The zero-order valence-corrected chi connectivity index (χ0v) is 16.5. The minimum atomic E-state index is -3.74. The molecule has 0 bridgehead atoms. The number of aryl methyl sites for hydroxylation is 1. The van der Waals surface area contributed by atoms with Crippen LogP contribution < -0.4 is 10.1 Å². The first kappa shape index (κ1) is 19.4. The van der Waals surface area contributed by atoms with Gasteiger partial charge in [0.05, 0.1) is 29.9 Å². The molecule has 1 atom stereocenters. The van der Waals surface area contributed by atoms with E-state index < -0.39 is 10.0 Å². The molecule has 1 amide bonds. The number of carbonyl (C=O) groups excluding carboxylic acids is 1. The first-order valence-electron chi connectivity index (χ1n) is 8.79. The lowest BCUT2D eigenvalue weighted by atomic mass is 10.0. The van der Waals surface area contributed by atoms with Crippen LogP contribution in [0.1, 0.15) is 37.8 Å². The number of aromatic nitrogens is 2. The molecule has 146 valence electrons. The van der Waals surface area contributed by atoms with Gasteiger partial charge < -0.3 is 10.1 Å². The molecule has 1 aromatic carbocycles. The van der Waals surface area contributed by atoms with Crippen molar-refractivity contribution in [2.45, 2.75) is 37.1 Å². The van der Waals surface area contributed by atoms with E-state index >= 15 is 0 Å². The molecule has 1 saturated heterocycles. The monoisotopic (exact) mass is 392 g/mol. The van der Waals surface area contributed by atoms with Gasteiger partial charge in [-0.15, -0.1) is 0 Å². The molecule has 2 heterocycles. The van der Waals surface area contributed by atoms with E-state index in [1.807, 2.05) is 13.2 Å². The molecular formula is C18H24N4O4S. The molecule has 1 aromatic heterocycles. The minimum Gasteiger partial charge on any atom is -0.495 e. The summed E-state index contributed by atoms with van der Waals surface area (Å²) in [5.41, 5.74) is 1.22. The topological polar surface area (TPSA) is 93.5 Å². The van der Waals surface area contributed by atoms with Gasteiger partial charge in [0.25, 0.3) is 0 Å². The van der Waals surface area contributed by atoms with Gasteiger partial charge in [0.1, 0.15) is 5.75 Å². The largest absolute Gasteiger partial charge is 0.495 e. The van der Waals surface area contributed by atoms with Gasteiger partial charge in [-0.25, -0.2) is 8.42 Å². The van der Waals surface area contributed by atoms with Gasteiger partial charge in [-0.3, -0.25) is 9.48 Å². The summed E-state index contributed by atoms with van der Waals surface area (Å²) in [6, 6.07) is 4.27. The number of nitrogens with one attached hydrogen (secondary N) is 1. The average molecular weight is 392 g/mol. The van der Waals surface area contributed by atoms with Crippen LogP contribution in [0.15, 0.2) is 35.5 Å². The van der Waals surface area contributed by atoms with Gasteiger partial charge in [-0.05, 0) is 31.0 Å². The second kappa shape index (κ2) is 7.69. The maximum Gasteiger partial charge on any atom is 0.243 e. The Labute approximate surface area is 159 Å². The molecule has 2 aromatic rings. The molecule has 27 heavy (non-hydrogen) atoms. The lowest BCUT2D eigenvalue weighted by Crippen LogP contribution is -2.38. The predicted octanol–water partition coefficient (Wildman–Crippen LogP) is 2.30. The standard InChI is InChI=1S/C18H24N4O4S/c1-13(23)20-16-10-15(7-8-18(16)26-3)27(24,25)22-9-5-4-6-17(22)14-11-19-21(2)12-14/h7-8,10-12,17H,4-6,9H2,1-3H3,(H,20,23). The van der Waals surface area contributed by atoms with Crippen molar-refractivity contribution in [2.24, 2.45) is 7.05 Å². The number of hydrogen-bond donors (Lipinski definition) is 1. The summed E-state index contributed by atoms with van der Waals surface area (Å²) in [7, 11) is -0.460. The number of nitrogens with zero attached hydrogens (tertiary/aromatic N) is 3. The fourth-order valence-corrected chi connectivity index (χ4v) is 5.12. The van der Waals surface area contributed by atoms with Crippen LogP contribution in [0.3, 0.4) is 0 Å². The highest BCUT2D eigenvalue weighted by Crippen LogP contribution is 2.37. The number of hydrogen-bond acceptors (Lipinski definition) is 5. The van der Waals surface area contributed by atoms with E-state index in [1.54, 1.807) is 16.9 Å². The van der Waals surface area contributed by atoms with Crippen LogP contribution in [-0.4, -0.2) is 42.1 Å². The molecule has 8 nitrogen and oxygen atoms in total. The van der Waals surface area contributed by atoms with Gasteiger partial charge in [0, 0.05) is 32.3 Å². The van der Waals surface area contributed by atoms with Crippen molar-refractivity contribution in [2.75, 3.05) is 19.0 Å². The number of carbonyl (C=O) groups is 1. The Balaban J connectivity index is 2.00. The fourth-order valence-electron chi connectivity index (χ4n) is 3.41. The van der Waals surface area contributed by atoms with E-state index in [0.717, 1.165) is 24.8 Å². The van der Waals surface area contributed by atoms with Crippen LogP contribution in [0.4, 0.5) is 5.69 Å². The Morgan fingerprint density at radius 3 is 2.74 bits per heavy atom. The first-order chi connectivity index (χ1) is 12.8. The van der Waals surface area contributed by atoms with E-state index in [4.69, 9.17) is 4.74 Å². The summed E-state index contributed by atoms with van der Waals surface area (Å²) in [4.78, 5) is 11.6. The van der Waals surface area contributed by atoms with Crippen molar-refractivity contribution >= 4 is 21.6 Å². The number of ether oxygens (including phenoxy) is 1. The Bertz CT molecular complexity index is 939. The second-order valence-electron chi connectivity index (χ2n) is 6.62. The van der Waals surface area contributed by atoms with E-state index in [1.165, 1.54) is 30.5 Å². The molecule has 1 aliphatic rings. The van der Waals surface area contributed by atoms with Crippen LogP contribution >= 0.6 is 0 Å². The summed E-state index contributed by atoms with van der Waals surface area (Å²) < 4.78 is 35.2. The van der Waals surface area contributed by atoms with Gasteiger partial charge in [-0.2, -0.15) is 9.40 Å². The van der Waals surface area contributed by atoms with Crippen molar-refractivity contribution < 1.29 is 17.9 Å². The predicted molar refractivity (Wildman–Crippen MR) is 101 cm³/mol. The van der Waals surface area contributed by atoms with Crippen molar-refractivity contribution in [1.82, 2.24) is 14.1 Å². The third-order valence-corrected chi connectivity index (χ3v) is 6.56. The number of piperidine rings is 1. The lowest BCUT2D eigenvalue weighted by Gasteiger charge is -2.34. The quantitative estimate of drug-likeness (QED) is 0.843. The highest BCUT2D eigenvalue weighted by atomic mass is 32.2. The number of rotatable bonds is 5. The maximum atomic E-state index is 13.4. The summed E-state index contributed by atoms with van der Waals surface area (Å²) in [6.07, 6.45) is 6.10. The first-order valence-corrected chi connectivity index (χ1v) is 10.2. The molecule has 3 rings (SSSR count). The number of amides is 1. The Kier molecular flexibility index (Phi) is 5.52. The van der Waals surface area contributed by atoms with Gasteiger partial charge in [-0.1, -0.05) is 6.42 Å². The Morgan fingerprint density at radius 1 is 1.33 bits per heavy atom. The van der Waals surface area contributed by atoms with Gasteiger partial charge >= 0.3 is 0 Å². The van der Waals surface area contributed by atoms with Crippen molar-refractivity contribution in [3.63, 3.8) is 0 Å². The van der Waals surface area contributed by atoms with E-state index in [2.05, 4.69) is 10.4 Å². The molecule has 0 aliphatic carbocycles. The van der Waals surface area contributed by atoms with Crippen LogP contribution in [-0.2, 0) is 21.9 Å². The Morgan fingerprint density at radius 2 is 2.11 bits per heavy atom. The SMILES string of the molecule is COc1ccc(S(=O)(=O)N2CCCCC2c2cnn(C)c2)cc1NC(C)=O. The molecule has 0 saturated carbocycles. The maximum absolute atomic E-state index is 13.4. The van der Waals surface area contributed by atoms with E-state index in [9.17, 15) is 13.2 Å². The fraction of sp³-hybridized carbons (Fsp3) is 0.444. The molecule has 0 spiro atoms. The second-order valence-corrected chi connectivity index (χ2v) is 8.51.